The van der Waals surface area contributed by atoms with Gasteiger partial charge in [-0.25, -0.2) is 0 Å². The minimum atomic E-state index is 0.273. The summed E-state index contributed by atoms with van der Waals surface area (Å²) in [5, 5.41) is 0. The molecule has 1 aliphatic rings. The first kappa shape index (κ1) is 9.20. The summed E-state index contributed by atoms with van der Waals surface area (Å²) in [5.74, 6) is 0.726. The Labute approximate surface area is 84.5 Å². The van der Waals surface area contributed by atoms with Gasteiger partial charge in [0.05, 0.1) is 0 Å². The predicted octanol–water partition coefficient (Wildman–Crippen LogP) is 3.08. The van der Waals surface area contributed by atoms with Crippen LogP contribution >= 0.6 is 0 Å². The molecule has 0 aromatic heterocycles. The van der Waals surface area contributed by atoms with Gasteiger partial charge < -0.3 is 0 Å². The van der Waals surface area contributed by atoms with E-state index >= 15 is 0 Å². The third-order valence-corrected chi connectivity index (χ3v) is 2.82. The third-order valence-electron chi connectivity index (χ3n) is 2.82. The average Bonchev–Trinajstić information content (AvgIpc) is 2.19. The van der Waals surface area contributed by atoms with Crippen LogP contribution in [0.1, 0.15) is 31.2 Å². The van der Waals surface area contributed by atoms with E-state index in [2.05, 4.69) is 31.2 Å². The Morgan fingerprint density at radius 3 is 2.57 bits per heavy atom. The van der Waals surface area contributed by atoms with Crippen molar-refractivity contribution in [2.24, 2.45) is 0 Å². The Kier molecular flexibility index (Phi) is 2.49. The number of allylic oxidation sites excluding steroid dienone is 2. The van der Waals surface area contributed by atoms with Gasteiger partial charge in [0.2, 0.25) is 0 Å². The fourth-order valence-corrected chi connectivity index (χ4v) is 2.06. The summed E-state index contributed by atoms with van der Waals surface area (Å²) < 4.78 is 0. The largest absolute Gasteiger partial charge is 0.295 e. The number of rotatable bonds is 1. The summed E-state index contributed by atoms with van der Waals surface area (Å²) in [4.78, 5) is 11.2. The van der Waals surface area contributed by atoms with Gasteiger partial charge in [-0.05, 0) is 25.0 Å². The van der Waals surface area contributed by atoms with Crippen molar-refractivity contribution in [3.63, 3.8) is 0 Å². The molecule has 72 valence electrons. The molecule has 1 aromatic rings. The second-order valence-corrected chi connectivity index (χ2v) is 3.86. The number of carbonyl (C=O) groups is 1. The van der Waals surface area contributed by atoms with Crippen molar-refractivity contribution in [2.75, 3.05) is 0 Å². The van der Waals surface area contributed by atoms with Crippen molar-refractivity contribution in [3.05, 3.63) is 47.5 Å². The topological polar surface area (TPSA) is 17.1 Å². The molecule has 0 spiro atoms. The lowest BCUT2D eigenvalue weighted by Gasteiger charge is -2.21. The van der Waals surface area contributed by atoms with Crippen molar-refractivity contribution in [2.45, 2.75) is 25.7 Å². The van der Waals surface area contributed by atoms with Crippen molar-refractivity contribution >= 4 is 5.78 Å². The summed E-state index contributed by atoms with van der Waals surface area (Å²) in [6.45, 7) is 2.05. The summed E-state index contributed by atoms with van der Waals surface area (Å²) in [5.41, 5.74) is 2.53. The Bertz CT molecular complexity index is 362. The molecule has 0 bridgehead atoms. The van der Waals surface area contributed by atoms with E-state index in [4.69, 9.17) is 0 Å². The Balaban J connectivity index is 2.29. The Morgan fingerprint density at radius 2 is 1.93 bits per heavy atom. The molecule has 0 amide bonds. The zero-order chi connectivity index (χ0) is 9.97. The van der Waals surface area contributed by atoms with Crippen LogP contribution in [0.3, 0.4) is 0 Å². The molecule has 0 N–H and O–H groups in total. The monoisotopic (exact) mass is 186 g/mol. The zero-order valence-corrected chi connectivity index (χ0v) is 8.36. The highest BCUT2D eigenvalue weighted by atomic mass is 16.1. The first-order valence-electron chi connectivity index (χ1n) is 5.03. The first-order chi connectivity index (χ1) is 6.77. The number of ketones is 1. The fraction of sp³-hybridized carbons (Fsp3) is 0.308. The van der Waals surface area contributed by atoms with E-state index in [1.807, 2.05) is 6.07 Å². The van der Waals surface area contributed by atoms with Gasteiger partial charge in [0, 0.05) is 12.3 Å². The van der Waals surface area contributed by atoms with E-state index in [1.165, 1.54) is 11.1 Å². The number of hydrogen-bond acceptors (Lipinski definition) is 1. The van der Waals surface area contributed by atoms with Crippen LogP contribution in [0.15, 0.2) is 42.0 Å². The highest BCUT2D eigenvalue weighted by molar-refractivity contribution is 5.91. The third kappa shape index (κ3) is 1.77. The maximum atomic E-state index is 11.2. The molecule has 1 aromatic carbocycles. The number of benzene rings is 1. The summed E-state index contributed by atoms with van der Waals surface area (Å²) in [7, 11) is 0. The standard InChI is InChI=1S/C13H14O/c1-10-9-12(14)7-8-13(10)11-5-3-2-4-6-11/h2-6,9,13H,7-8H2,1H3/t13-/m1/s1. The average molecular weight is 186 g/mol. The molecule has 1 atom stereocenters. The van der Waals surface area contributed by atoms with Crippen LogP contribution < -0.4 is 0 Å². The molecule has 1 heteroatoms. The molecule has 0 saturated carbocycles. The van der Waals surface area contributed by atoms with Gasteiger partial charge in [-0.15, -0.1) is 0 Å². The molecule has 0 unspecified atom stereocenters. The summed E-state index contributed by atoms with van der Waals surface area (Å²) >= 11 is 0. The van der Waals surface area contributed by atoms with Crippen LogP contribution in [0.25, 0.3) is 0 Å². The molecule has 0 radical (unpaired) electrons. The van der Waals surface area contributed by atoms with E-state index in [-0.39, 0.29) is 5.78 Å². The SMILES string of the molecule is CC1=CC(=O)CC[C@H]1c1ccccc1. The maximum Gasteiger partial charge on any atom is 0.155 e. The van der Waals surface area contributed by atoms with Gasteiger partial charge >= 0.3 is 0 Å². The van der Waals surface area contributed by atoms with Crippen molar-refractivity contribution in [1.82, 2.24) is 0 Å². The van der Waals surface area contributed by atoms with E-state index in [9.17, 15) is 4.79 Å². The van der Waals surface area contributed by atoms with Gasteiger partial charge in [-0.3, -0.25) is 4.79 Å². The second-order valence-electron chi connectivity index (χ2n) is 3.86. The Morgan fingerprint density at radius 1 is 1.21 bits per heavy atom. The normalized spacial score (nSPS) is 21.9. The lowest BCUT2D eigenvalue weighted by atomic mass is 9.83. The molecule has 2 rings (SSSR count). The smallest absolute Gasteiger partial charge is 0.155 e. The lowest BCUT2D eigenvalue weighted by Crippen LogP contribution is -2.10. The molecule has 0 aliphatic heterocycles. The van der Waals surface area contributed by atoms with Gasteiger partial charge in [-0.1, -0.05) is 35.9 Å². The molecule has 14 heavy (non-hydrogen) atoms. The van der Waals surface area contributed by atoms with E-state index in [0.29, 0.717) is 12.3 Å². The molecule has 0 saturated heterocycles. The van der Waals surface area contributed by atoms with Gasteiger partial charge in [-0.2, -0.15) is 0 Å². The van der Waals surface area contributed by atoms with Crippen LogP contribution in [-0.4, -0.2) is 5.78 Å². The minimum Gasteiger partial charge on any atom is -0.295 e. The van der Waals surface area contributed by atoms with Crippen LogP contribution in [0, 0.1) is 0 Å². The molecule has 1 aliphatic carbocycles. The molecular formula is C13H14O. The highest BCUT2D eigenvalue weighted by Gasteiger charge is 2.19. The zero-order valence-electron chi connectivity index (χ0n) is 8.36. The van der Waals surface area contributed by atoms with Gasteiger partial charge in [0.1, 0.15) is 0 Å². The maximum absolute atomic E-state index is 11.2. The second kappa shape index (κ2) is 3.79. The van der Waals surface area contributed by atoms with Crippen LogP contribution in [0.4, 0.5) is 0 Å². The quantitative estimate of drug-likeness (QED) is 0.658. The summed E-state index contributed by atoms with van der Waals surface area (Å²) in [6, 6.07) is 10.4. The van der Waals surface area contributed by atoms with Gasteiger partial charge in [0.15, 0.2) is 5.78 Å². The lowest BCUT2D eigenvalue weighted by molar-refractivity contribution is -0.115. The van der Waals surface area contributed by atoms with Crippen LogP contribution in [0.5, 0.6) is 0 Å². The van der Waals surface area contributed by atoms with E-state index < -0.39 is 0 Å². The van der Waals surface area contributed by atoms with E-state index in [1.54, 1.807) is 6.08 Å². The van der Waals surface area contributed by atoms with Crippen molar-refractivity contribution < 1.29 is 4.79 Å². The number of carbonyl (C=O) groups excluding carboxylic acids is 1. The van der Waals surface area contributed by atoms with E-state index in [0.717, 1.165) is 6.42 Å². The summed E-state index contributed by atoms with van der Waals surface area (Å²) in [6.07, 6.45) is 3.45. The predicted molar refractivity (Wildman–Crippen MR) is 57.2 cm³/mol. The molecule has 1 nitrogen and oxygen atoms in total. The number of hydrogen-bond donors (Lipinski definition) is 0. The molecular weight excluding hydrogens is 172 g/mol. The highest BCUT2D eigenvalue weighted by Crippen LogP contribution is 2.31. The molecule has 0 fully saturated rings. The minimum absolute atomic E-state index is 0.273. The fourth-order valence-electron chi connectivity index (χ4n) is 2.06. The Hall–Kier alpha value is -1.37. The van der Waals surface area contributed by atoms with Crippen LogP contribution in [0.2, 0.25) is 0 Å². The van der Waals surface area contributed by atoms with Crippen molar-refractivity contribution in [1.29, 1.82) is 0 Å². The van der Waals surface area contributed by atoms with Crippen molar-refractivity contribution in [3.8, 4) is 0 Å². The van der Waals surface area contributed by atoms with Gasteiger partial charge in [0.25, 0.3) is 0 Å². The van der Waals surface area contributed by atoms with Crippen LogP contribution in [-0.2, 0) is 4.79 Å². The molecule has 0 heterocycles. The first-order valence-corrected chi connectivity index (χ1v) is 5.03.